The van der Waals surface area contributed by atoms with Gasteiger partial charge in [-0.2, -0.15) is 0 Å². The minimum atomic E-state index is -0.563. The minimum absolute atomic E-state index is 0.107. The van der Waals surface area contributed by atoms with Gasteiger partial charge in [-0.3, -0.25) is 4.98 Å². The first-order chi connectivity index (χ1) is 11.1. The van der Waals surface area contributed by atoms with Gasteiger partial charge in [0.05, 0.1) is 31.2 Å². The molecular formula is C16H17N3O4. The summed E-state index contributed by atoms with van der Waals surface area (Å²) in [5.74, 6) is -0.563. The molecule has 120 valence electrons. The highest BCUT2D eigenvalue weighted by atomic mass is 16.5. The number of methoxy groups -OCH3 is 1. The van der Waals surface area contributed by atoms with Crippen LogP contribution >= 0.6 is 0 Å². The van der Waals surface area contributed by atoms with Crippen molar-refractivity contribution < 1.29 is 19.1 Å². The van der Waals surface area contributed by atoms with Gasteiger partial charge in [0.1, 0.15) is 6.61 Å². The lowest BCUT2D eigenvalue weighted by molar-refractivity contribution is 0.0593. The quantitative estimate of drug-likeness (QED) is 0.851. The first-order valence-electron chi connectivity index (χ1n) is 6.97. The van der Waals surface area contributed by atoms with E-state index in [-0.39, 0.29) is 12.3 Å². The molecule has 2 rings (SSSR count). The summed E-state index contributed by atoms with van der Waals surface area (Å²) in [5.41, 5.74) is 1.52. The maximum absolute atomic E-state index is 11.8. The lowest BCUT2D eigenvalue weighted by Crippen LogP contribution is -2.28. The molecule has 0 radical (unpaired) electrons. The van der Waals surface area contributed by atoms with Crippen molar-refractivity contribution in [2.24, 2.45) is 0 Å². The van der Waals surface area contributed by atoms with Crippen molar-refractivity contribution in [3.8, 4) is 0 Å². The third-order valence-corrected chi connectivity index (χ3v) is 3.06. The predicted octanol–water partition coefficient (Wildman–Crippen LogP) is 2.25. The highest BCUT2D eigenvalue weighted by Gasteiger charge is 2.14. The molecule has 0 bridgehead atoms. The Kier molecular flexibility index (Phi) is 5.62. The number of hydrogen-bond acceptors (Lipinski definition) is 6. The number of ether oxygens (including phenoxy) is 2. The molecule has 1 heterocycles. The summed E-state index contributed by atoms with van der Waals surface area (Å²) in [6.07, 6.45) is 2.16. The van der Waals surface area contributed by atoms with Crippen molar-refractivity contribution in [3.63, 3.8) is 0 Å². The zero-order valence-electron chi connectivity index (χ0n) is 12.9. The summed E-state index contributed by atoms with van der Waals surface area (Å²) in [6.45, 7) is 1.93. The number of hydrogen-bond donors (Lipinski definition) is 1. The number of amides is 1. The number of carbonyl (C=O) groups excluding carboxylic acids is 2. The average Bonchev–Trinajstić information content (AvgIpc) is 2.60. The van der Waals surface area contributed by atoms with Crippen LogP contribution < -0.4 is 5.32 Å². The molecule has 7 nitrogen and oxygen atoms in total. The van der Waals surface area contributed by atoms with Crippen molar-refractivity contribution in [1.29, 1.82) is 0 Å². The zero-order chi connectivity index (χ0) is 16.7. The van der Waals surface area contributed by atoms with Crippen LogP contribution in [0.15, 0.2) is 42.7 Å². The molecule has 1 aromatic heterocycles. The third kappa shape index (κ3) is 4.77. The van der Waals surface area contributed by atoms with Gasteiger partial charge in [-0.1, -0.05) is 30.3 Å². The van der Waals surface area contributed by atoms with E-state index in [9.17, 15) is 9.59 Å². The Bertz CT molecular complexity index is 659. The third-order valence-electron chi connectivity index (χ3n) is 3.06. The van der Waals surface area contributed by atoms with Gasteiger partial charge >= 0.3 is 12.1 Å². The summed E-state index contributed by atoms with van der Waals surface area (Å²) in [4.78, 5) is 31.1. The number of alkyl carbamates (subject to hydrolysis) is 1. The maximum Gasteiger partial charge on any atom is 0.407 e. The van der Waals surface area contributed by atoms with Crippen LogP contribution in [0.2, 0.25) is 0 Å². The average molecular weight is 315 g/mol. The highest BCUT2D eigenvalue weighted by molar-refractivity contribution is 5.86. The minimum Gasteiger partial charge on any atom is -0.464 e. The molecule has 0 saturated heterocycles. The SMILES string of the molecule is COC(=O)c1cnc([C@H](C)NC(=O)OCc2ccccc2)cn1. The lowest BCUT2D eigenvalue weighted by Gasteiger charge is -2.13. The van der Waals surface area contributed by atoms with Crippen LogP contribution in [0.25, 0.3) is 0 Å². The summed E-state index contributed by atoms with van der Waals surface area (Å²) in [7, 11) is 1.27. The van der Waals surface area contributed by atoms with Crippen LogP contribution in [0.4, 0.5) is 4.79 Å². The van der Waals surface area contributed by atoms with Crippen molar-refractivity contribution in [1.82, 2.24) is 15.3 Å². The molecule has 0 saturated carbocycles. The van der Waals surface area contributed by atoms with Crippen LogP contribution in [0.1, 0.15) is 34.7 Å². The fraction of sp³-hybridized carbons (Fsp3) is 0.250. The predicted molar refractivity (Wildman–Crippen MR) is 81.5 cm³/mol. The van der Waals surface area contributed by atoms with Crippen molar-refractivity contribution in [3.05, 3.63) is 59.7 Å². The summed E-state index contributed by atoms with van der Waals surface area (Å²) in [5, 5.41) is 2.65. The molecule has 7 heteroatoms. The van der Waals surface area contributed by atoms with Crippen molar-refractivity contribution in [2.75, 3.05) is 7.11 Å². The topological polar surface area (TPSA) is 90.4 Å². The van der Waals surface area contributed by atoms with Gasteiger partial charge < -0.3 is 14.8 Å². The molecule has 2 aromatic rings. The molecule has 1 aromatic carbocycles. The van der Waals surface area contributed by atoms with Gasteiger partial charge in [0.25, 0.3) is 0 Å². The molecular weight excluding hydrogens is 298 g/mol. The van der Waals surface area contributed by atoms with E-state index in [1.54, 1.807) is 6.92 Å². The monoisotopic (exact) mass is 315 g/mol. The van der Waals surface area contributed by atoms with Crippen LogP contribution in [0.3, 0.4) is 0 Å². The Hall–Kier alpha value is -2.96. The van der Waals surface area contributed by atoms with Gasteiger partial charge in [0.15, 0.2) is 5.69 Å². The van der Waals surface area contributed by atoms with Crippen LogP contribution in [-0.4, -0.2) is 29.1 Å². The van der Waals surface area contributed by atoms with Crippen LogP contribution in [-0.2, 0) is 16.1 Å². The molecule has 0 aliphatic rings. The molecule has 1 atom stereocenters. The zero-order valence-corrected chi connectivity index (χ0v) is 12.9. The Balaban J connectivity index is 1.87. The number of nitrogens with zero attached hydrogens (tertiary/aromatic N) is 2. The van der Waals surface area contributed by atoms with E-state index in [1.165, 1.54) is 19.5 Å². The molecule has 1 N–H and O–H groups in total. The van der Waals surface area contributed by atoms with Gasteiger partial charge in [0, 0.05) is 0 Å². The molecule has 23 heavy (non-hydrogen) atoms. The maximum atomic E-state index is 11.8. The van der Waals surface area contributed by atoms with E-state index in [4.69, 9.17) is 4.74 Å². The van der Waals surface area contributed by atoms with Gasteiger partial charge in [-0.25, -0.2) is 14.6 Å². The summed E-state index contributed by atoms with van der Waals surface area (Å²) in [6, 6.07) is 8.97. The Morgan fingerprint density at radius 2 is 1.91 bits per heavy atom. The lowest BCUT2D eigenvalue weighted by atomic mass is 10.2. The van der Waals surface area contributed by atoms with Crippen LogP contribution in [0.5, 0.6) is 0 Å². The van der Waals surface area contributed by atoms with Crippen molar-refractivity contribution in [2.45, 2.75) is 19.6 Å². The summed E-state index contributed by atoms with van der Waals surface area (Å²) >= 11 is 0. The fourth-order valence-electron chi connectivity index (χ4n) is 1.79. The highest BCUT2D eigenvalue weighted by Crippen LogP contribution is 2.09. The van der Waals surface area contributed by atoms with Crippen LogP contribution in [0, 0.1) is 0 Å². The first kappa shape index (κ1) is 16.4. The largest absolute Gasteiger partial charge is 0.464 e. The van der Waals surface area contributed by atoms with E-state index in [0.29, 0.717) is 5.69 Å². The van der Waals surface area contributed by atoms with E-state index in [1.807, 2.05) is 30.3 Å². The Morgan fingerprint density at radius 3 is 2.52 bits per heavy atom. The second-order valence-corrected chi connectivity index (χ2v) is 4.75. The summed E-state index contributed by atoms with van der Waals surface area (Å²) < 4.78 is 9.67. The molecule has 0 spiro atoms. The first-order valence-corrected chi connectivity index (χ1v) is 6.97. The molecule has 0 unspecified atom stereocenters. The van der Waals surface area contributed by atoms with Gasteiger partial charge in [-0.15, -0.1) is 0 Å². The number of benzene rings is 1. The molecule has 0 aliphatic carbocycles. The van der Waals surface area contributed by atoms with Crippen molar-refractivity contribution >= 4 is 12.1 Å². The standard InChI is InChI=1S/C16H17N3O4/c1-11(13-8-18-14(9-17-13)15(20)22-2)19-16(21)23-10-12-6-4-3-5-7-12/h3-9,11H,10H2,1-2H3,(H,19,21)/t11-/m0/s1. The van der Waals surface area contributed by atoms with Gasteiger partial charge in [-0.05, 0) is 12.5 Å². The molecule has 0 aliphatic heterocycles. The van der Waals surface area contributed by atoms with E-state index in [0.717, 1.165) is 5.56 Å². The van der Waals surface area contributed by atoms with E-state index in [2.05, 4.69) is 20.0 Å². The second kappa shape index (κ2) is 7.88. The van der Waals surface area contributed by atoms with E-state index < -0.39 is 18.1 Å². The number of aromatic nitrogens is 2. The Morgan fingerprint density at radius 1 is 1.17 bits per heavy atom. The number of carbonyl (C=O) groups is 2. The number of rotatable bonds is 5. The number of nitrogens with one attached hydrogen (secondary N) is 1. The van der Waals surface area contributed by atoms with Gasteiger partial charge in [0.2, 0.25) is 0 Å². The normalized spacial score (nSPS) is 11.4. The molecule has 0 fully saturated rings. The van der Waals surface area contributed by atoms with E-state index >= 15 is 0 Å². The number of esters is 1. The Labute approximate surface area is 133 Å². The second-order valence-electron chi connectivity index (χ2n) is 4.75. The fourth-order valence-corrected chi connectivity index (χ4v) is 1.79. The smallest absolute Gasteiger partial charge is 0.407 e. The molecule has 1 amide bonds.